The quantitative estimate of drug-likeness (QED) is 0.180. The van der Waals surface area contributed by atoms with Crippen molar-refractivity contribution in [3.63, 3.8) is 0 Å². The predicted octanol–water partition coefficient (Wildman–Crippen LogP) is -4.06. The highest BCUT2D eigenvalue weighted by molar-refractivity contribution is 5.81. The number of ether oxygens (including phenoxy) is 1. The van der Waals surface area contributed by atoms with E-state index in [9.17, 15) is 29.7 Å². The molecule has 0 aromatic heterocycles. The van der Waals surface area contributed by atoms with Crippen LogP contribution in [0.3, 0.4) is 0 Å². The number of carboxylic acids is 1. The monoisotopic (exact) mass is 294 g/mol. The average molecular weight is 294 g/mol. The van der Waals surface area contributed by atoms with Crippen LogP contribution in [0.4, 0.5) is 0 Å². The van der Waals surface area contributed by atoms with Crippen molar-refractivity contribution in [1.82, 2.24) is 0 Å². The predicted molar refractivity (Wildman–Crippen MR) is 63.2 cm³/mol. The molecule has 0 rings (SSSR count). The van der Waals surface area contributed by atoms with E-state index in [0.717, 1.165) is 0 Å². The van der Waals surface area contributed by atoms with Crippen LogP contribution >= 0.6 is 0 Å². The Morgan fingerprint density at radius 1 is 1.15 bits per heavy atom. The number of hydrogen-bond acceptors (Lipinski definition) is 9. The summed E-state index contributed by atoms with van der Waals surface area (Å²) in [5.41, 5.74) is 10.3. The Kier molecular flexibility index (Phi) is 7.87. The highest BCUT2D eigenvalue weighted by Crippen LogP contribution is 2.04. The molecule has 0 aromatic carbocycles. The van der Waals surface area contributed by atoms with Gasteiger partial charge in [0.25, 0.3) is 0 Å². The molecule has 0 saturated carbocycles. The Morgan fingerprint density at radius 3 is 2.15 bits per heavy atom. The number of nitrogens with two attached hydrogens (primary N) is 2. The van der Waals surface area contributed by atoms with Gasteiger partial charge in [0.2, 0.25) is 0 Å². The van der Waals surface area contributed by atoms with Crippen LogP contribution in [0.5, 0.6) is 0 Å². The van der Waals surface area contributed by atoms with Crippen molar-refractivity contribution in [3.8, 4) is 0 Å². The molecule has 10 nitrogen and oxygen atoms in total. The number of carboxylic acid groups (broad SMARTS) is 1. The van der Waals surface area contributed by atoms with Gasteiger partial charge in [-0.1, -0.05) is 0 Å². The van der Waals surface area contributed by atoms with E-state index in [2.05, 4.69) is 4.74 Å². The molecule has 0 saturated heterocycles. The lowest BCUT2D eigenvalue weighted by atomic mass is 10.0. The zero-order chi connectivity index (χ0) is 15.9. The van der Waals surface area contributed by atoms with Crippen molar-refractivity contribution in [2.45, 2.75) is 36.8 Å². The van der Waals surface area contributed by atoms with Crippen LogP contribution in [-0.2, 0) is 19.1 Å². The van der Waals surface area contributed by atoms with E-state index in [0.29, 0.717) is 0 Å². The minimum Gasteiger partial charge on any atom is -0.481 e. The van der Waals surface area contributed by atoms with Gasteiger partial charge in [-0.05, 0) is 0 Å². The van der Waals surface area contributed by atoms with Gasteiger partial charge in [0.1, 0.15) is 37.2 Å². The second kappa shape index (κ2) is 8.55. The van der Waals surface area contributed by atoms with Crippen molar-refractivity contribution in [1.29, 1.82) is 0 Å². The lowest BCUT2D eigenvalue weighted by Gasteiger charge is -2.24. The molecule has 0 aliphatic carbocycles. The summed E-state index contributed by atoms with van der Waals surface area (Å²) in [5.74, 6) is -2.39. The maximum absolute atomic E-state index is 11.2. The fraction of sp³-hybridized carbons (Fsp3) is 0.700. The molecule has 0 fully saturated rings. The summed E-state index contributed by atoms with van der Waals surface area (Å²) >= 11 is 0. The summed E-state index contributed by atoms with van der Waals surface area (Å²) in [4.78, 5) is 31.8. The second-order valence-electron chi connectivity index (χ2n) is 4.10. The van der Waals surface area contributed by atoms with Gasteiger partial charge < -0.3 is 41.4 Å². The van der Waals surface area contributed by atoms with E-state index in [4.69, 9.17) is 16.6 Å². The Hall–Kier alpha value is -1.59. The van der Waals surface area contributed by atoms with E-state index in [-0.39, 0.29) is 6.29 Å². The normalized spacial score (nSPS) is 18.4. The number of rotatable bonds is 9. The lowest BCUT2D eigenvalue weighted by molar-refractivity contribution is -0.156. The maximum Gasteiger partial charge on any atom is 0.323 e. The van der Waals surface area contributed by atoms with Crippen LogP contribution in [0.15, 0.2) is 0 Å². The summed E-state index contributed by atoms with van der Waals surface area (Å²) < 4.78 is 4.47. The molecule has 0 radical (unpaired) electrons. The van der Waals surface area contributed by atoms with Crippen molar-refractivity contribution in [2.75, 3.05) is 6.61 Å². The molecule has 0 aliphatic rings. The fourth-order valence-corrected chi connectivity index (χ4v) is 1.18. The molecule has 0 bridgehead atoms. The van der Waals surface area contributed by atoms with E-state index < -0.39 is 55.4 Å². The summed E-state index contributed by atoms with van der Waals surface area (Å²) in [7, 11) is 0. The molecule has 20 heavy (non-hydrogen) atoms. The molecule has 0 aromatic rings. The number of aliphatic hydroxyl groups is 3. The highest BCUT2D eigenvalue weighted by Gasteiger charge is 2.30. The first-order valence-electron chi connectivity index (χ1n) is 5.59. The average Bonchev–Trinajstić information content (AvgIpc) is 2.40. The van der Waals surface area contributed by atoms with Crippen molar-refractivity contribution in [2.24, 2.45) is 11.5 Å². The molecule has 10 heteroatoms. The molecule has 116 valence electrons. The van der Waals surface area contributed by atoms with Gasteiger partial charge in [-0.15, -0.1) is 0 Å². The number of aliphatic carboxylic acids is 1. The minimum absolute atomic E-state index is 0.176. The molecule has 0 unspecified atom stereocenters. The fourth-order valence-electron chi connectivity index (χ4n) is 1.18. The third-order valence-electron chi connectivity index (χ3n) is 2.39. The highest BCUT2D eigenvalue weighted by atomic mass is 16.5. The maximum atomic E-state index is 11.2. The third kappa shape index (κ3) is 6.04. The van der Waals surface area contributed by atoms with Crippen molar-refractivity contribution < 1.29 is 39.5 Å². The molecular weight excluding hydrogens is 276 g/mol. The van der Waals surface area contributed by atoms with E-state index in [1.807, 2.05) is 0 Å². The SMILES string of the molecule is N[C@@H](CC(=O)O)C(=O)OC[C@@H](O)[C@@H](O)[C@H](O)[C@@H](N)C=O. The van der Waals surface area contributed by atoms with Gasteiger partial charge in [-0.2, -0.15) is 0 Å². The molecule has 0 heterocycles. The van der Waals surface area contributed by atoms with Gasteiger partial charge in [-0.3, -0.25) is 9.59 Å². The Morgan fingerprint density at radius 2 is 1.70 bits per heavy atom. The van der Waals surface area contributed by atoms with Crippen LogP contribution in [0.2, 0.25) is 0 Å². The van der Waals surface area contributed by atoms with E-state index in [1.54, 1.807) is 0 Å². The summed E-state index contributed by atoms with van der Waals surface area (Å²) in [5, 5.41) is 36.6. The van der Waals surface area contributed by atoms with Crippen LogP contribution < -0.4 is 11.5 Å². The second-order valence-corrected chi connectivity index (χ2v) is 4.10. The first-order chi connectivity index (χ1) is 9.20. The lowest BCUT2D eigenvalue weighted by Crippen LogP contribution is -2.50. The smallest absolute Gasteiger partial charge is 0.323 e. The molecular formula is C10H18N2O8. The Balaban J connectivity index is 4.27. The van der Waals surface area contributed by atoms with E-state index in [1.165, 1.54) is 0 Å². The summed E-state index contributed by atoms with van der Waals surface area (Å²) in [6, 6.07) is -2.83. The minimum atomic E-state index is -1.82. The van der Waals surface area contributed by atoms with Crippen molar-refractivity contribution >= 4 is 18.2 Å². The standard InChI is InChI=1S/C10H18N2O8/c11-4(1-7(15)16)10(19)20-3-6(14)9(18)8(17)5(12)2-13/h2,4-6,8-9,14,17-18H,1,3,11-12H2,(H,15,16)/t4-,5-,6+,8+,9+/m0/s1. The van der Waals surface area contributed by atoms with Gasteiger partial charge in [0, 0.05) is 0 Å². The number of carbonyl (C=O) groups is 3. The van der Waals surface area contributed by atoms with Gasteiger partial charge in [0.15, 0.2) is 0 Å². The Bertz CT molecular complexity index is 350. The van der Waals surface area contributed by atoms with Crippen molar-refractivity contribution in [3.05, 3.63) is 0 Å². The number of aliphatic hydroxyl groups excluding tert-OH is 3. The number of aldehydes is 1. The summed E-state index contributed by atoms with van der Waals surface area (Å²) in [6.07, 6.45) is -5.75. The first kappa shape index (κ1) is 18.4. The van der Waals surface area contributed by atoms with Gasteiger partial charge >= 0.3 is 11.9 Å². The number of carbonyl (C=O) groups excluding carboxylic acids is 2. The topological polar surface area (TPSA) is 193 Å². The first-order valence-corrected chi connectivity index (χ1v) is 5.59. The molecule has 0 aliphatic heterocycles. The molecule has 0 amide bonds. The van der Waals surface area contributed by atoms with E-state index >= 15 is 0 Å². The third-order valence-corrected chi connectivity index (χ3v) is 2.39. The largest absolute Gasteiger partial charge is 0.481 e. The van der Waals surface area contributed by atoms with Crippen LogP contribution in [0, 0.1) is 0 Å². The Labute approximate surface area is 113 Å². The summed E-state index contributed by atoms with van der Waals surface area (Å²) in [6.45, 7) is -0.740. The number of hydrogen-bond donors (Lipinski definition) is 6. The van der Waals surface area contributed by atoms with Crippen LogP contribution in [0.1, 0.15) is 6.42 Å². The number of esters is 1. The van der Waals surface area contributed by atoms with Gasteiger partial charge in [-0.25, -0.2) is 0 Å². The molecule has 8 N–H and O–H groups in total. The molecule has 0 spiro atoms. The zero-order valence-electron chi connectivity index (χ0n) is 10.5. The van der Waals surface area contributed by atoms with Gasteiger partial charge in [0.05, 0.1) is 12.5 Å². The molecule has 5 atom stereocenters. The van der Waals surface area contributed by atoms with Crippen LogP contribution in [0.25, 0.3) is 0 Å². The zero-order valence-corrected chi connectivity index (χ0v) is 10.5. The van der Waals surface area contributed by atoms with Crippen LogP contribution in [-0.4, -0.2) is 75.7 Å².